The van der Waals surface area contributed by atoms with Crippen molar-refractivity contribution in [2.75, 3.05) is 6.54 Å². The van der Waals surface area contributed by atoms with Crippen molar-refractivity contribution in [1.82, 2.24) is 25.3 Å². The molecule has 2 aromatic rings. The SMILES string of the molecule is CCCNC(c1ccc(Br)cn1)c1cnnn1C. The van der Waals surface area contributed by atoms with E-state index in [1.165, 1.54) is 0 Å². The number of aromatic nitrogens is 4. The molecule has 6 heteroatoms. The maximum atomic E-state index is 4.45. The number of rotatable bonds is 5. The summed E-state index contributed by atoms with van der Waals surface area (Å²) in [5.41, 5.74) is 1.98. The molecule has 2 aromatic heterocycles. The van der Waals surface area contributed by atoms with E-state index in [9.17, 15) is 0 Å². The third-order valence-corrected chi connectivity index (χ3v) is 3.16. The lowest BCUT2D eigenvalue weighted by Crippen LogP contribution is -2.26. The minimum Gasteiger partial charge on any atom is -0.304 e. The van der Waals surface area contributed by atoms with Crippen LogP contribution in [0, 0.1) is 0 Å². The Morgan fingerprint density at radius 1 is 1.39 bits per heavy atom. The van der Waals surface area contributed by atoms with Crippen LogP contribution in [0.3, 0.4) is 0 Å². The molecular weight excluding hydrogens is 294 g/mol. The highest BCUT2D eigenvalue weighted by Gasteiger charge is 2.18. The van der Waals surface area contributed by atoms with Crippen molar-refractivity contribution in [1.29, 1.82) is 0 Å². The van der Waals surface area contributed by atoms with Gasteiger partial charge in [0.25, 0.3) is 0 Å². The van der Waals surface area contributed by atoms with E-state index < -0.39 is 0 Å². The van der Waals surface area contributed by atoms with Crippen LogP contribution in [0.25, 0.3) is 0 Å². The van der Waals surface area contributed by atoms with Crippen molar-refractivity contribution < 1.29 is 0 Å². The second-order valence-electron chi connectivity index (χ2n) is 4.07. The van der Waals surface area contributed by atoms with Crippen LogP contribution in [0.5, 0.6) is 0 Å². The van der Waals surface area contributed by atoms with Gasteiger partial charge < -0.3 is 5.32 Å². The van der Waals surface area contributed by atoms with Crippen molar-refractivity contribution in [2.45, 2.75) is 19.4 Å². The number of nitrogens with one attached hydrogen (secondary N) is 1. The van der Waals surface area contributed by atoms with Crippen molar-refractivity contribution in [2.24, 2.45) is 7.05 Å². The summed E-state index contributed by atoms with van der Waals surface area (Å²) in [5.74, 6) is 0. The monoisotopic (exact) mass is 309 g/mol. The Hall–Kier alpha value is -1.27. The summed E-state index contributed by atoms with van der Waals surface area (Å²) in [6, 6.07) is 4.02. The zero-order valence-electron chi connectivity index (χ0n) is 10.5. The van der Waals surface area contributed by atoms with E-state index >= 15 is 0 Å². The van der Waals surface area contributed by atoms with Gasteiger partial charge in [0, 0.05) is 17.7 Å². The fourth-order valence-electron chi connectivity index (χ4n) is 1.77. The lowest BCUT2D eigenvalue weighted by Gasteiger charge is -2.17. The van der Waals surface area contributed by atoms with Crippen molar-refractivity contribution >= 4 is 15.9 Å². The predicted octanol–water partition coefficient (Wildman–Crippen LogP) is 2.06. The Kier molecular flexibility index (Phi) is 4.43. The van der Waals surface area contributed by atoms with Crippen LogP contribution < -0.4 is 5.32 Å². The van der Waals surface area contributed by atoms with E-state index in [0.717, 1.165) is 28.8 Å². The molecule has 1 unspecified atom stereocenters. The predicted molar refractivity (Wildman–Crippen MR) is 73.1 cm³/mol. The molecule has 0 saturated heterocycles. The Morgan fingerprint density at radius 2 is 2.22 bits per heavy atom. The molecule has 0 aromatic carbocycles. The number of nitrogens with zero attached hydrogens (tertiary/aromatic N) is 4. The summed E-state index contributed by atoms with van der Waals surface area (Å²) in [5, 5.41) is 11.4. The average molecular weight is 310 g/mol. The van der Waals surface area contributed by atoms with Crippen LogP contribution in [-0.4, -0.2) is 26.5 Å². The minimum absolute atomic E-state index is 0.0260. The highest BCUT2D eigenvalue weighted by Crippen LogP contribution is 2.20. The van der Waals surface area contributed by atoms with Gasteiger partial charge in [0.1, 0.15) is 0 Å². The first kappa shape index (κ1) is 13.2. The Labute approximate surface area is 115 Å². The summed E-state index contributed by atoms with van der Waals surface area (Å²) >= 11 is 3.40. The Bertz CT molecular complexity index is 493. The molecule has 0 aliphatic heterocycles. The van der Waals surface area contributed by atoms with Gasteiger partial charge in [-0.2, -0.15) is 0 Å². The largest absolute Gasteiger partial charge is 0.304 e. The van der Waals surface area contributed by atoms with E-state index in [4.69, 9.17) is 0 Å². The lowest BCUT2D eigenvalue weighted by atomic mass is 10.1. The van der Waals surface area contributed by atoms with Crippen LogP contribution in [0.1, 0.15) is 30.8 Å². The molecule has 0 amide bonds. The summed E-state index contributed by atoms with van der Waals surface area (Å²) in [6.07, 6.45) is 4.65. The van der Waals surface area contributed by atoms with Crippen LogP contribution in [0.2, 0.25) is 0 Å². The molecule has 0 aliphatic carbocycles. The zero-order chi connectivity index (χ0) is 13.0. The molecule has 0 bridgehead atoms. The molecule has 0 radical (unpaired) electrons. The van der Waals surface area contributed by atoms with Gasteiger partial charge in [-0.25, -0.2) is 0 Å². The molecule has 96 valence electrons. The number of hydrogen-bond acceptors (Lipinski definition) is 4. The molecule has 0 aliphatic rings. The summed E-state index contributed by atoms with van der Waals surface area (Å²) in [7, 11) is 1.89. The summed E-state index contributed by atoms with van der Waals surface area (Å²) in [6.45, 7) is 3.06. The molecule has 1 atom stereocenters. The van der Waals surface area contributed by atoms with Crippen molar-refractivity contribution in [3.05, 3.63) is 40.4 Å². The van der Waals surface area contributed by atoms with Gasteiger partial charge in [-0.1, -0.05) is 12.1 Å². The van der Waals surface area contributed by atoms with Gasteiger partial charge in [0.2, 0.25) is 0 Å². The standard InChI is InChI=1S/C12H16BrN5/c1-3-6-14-12(11-8-16-17-18(11)2)10-5-4-9(13)7-15-10/h4-5,7-8,12,14H,3,6H2,1-2H3. The zero-order valence-corrected chi connectivity index (χ0v) is 12.1. The van der Waals surface area contributed by atoms with Gasteiger partial charge in [0.05, 0.1) is 23.6 Å². The van der Waals surface area contributed by atoms with E-state index in [-0.39, 0.29) is 6.04 Å². The molecule has 0 spiro atoms. The lowest BCUT2D eigenvalue weighted by molar-refractivity contribution is 0.541. The van der Waals surface area contributed by atoms with Crippen LogP contribution in [0.15, 0.2) is 29.0 Å². The van der Waals surface area contributed by atoms with E-state index in [1.54, 1.807) is 17.1 Å². The normalized spacial score (nSPS) is 12.6. The Balaban J connectivity index is 2.30. The second kappa shape index (κ2) is 6.06. The fourth-order valence-corrected chi connectivity index (χ4v) is 2.00. The molecule has 0 fully saturated rings. The number of pyridine rings is 1. The number of halogens is 1. The molecule has 5 nitrogen and oxygen atoms in total. The van der Waals surface area contributed by atoms with Crippen LogP contribution >= 0.6 is 15.9 Å². The van der Waals surface area contributed by atoms with Crippen LogP contribution in [0.4, 0.5) is 0 Å². The smallest absolute Gasteiger partial charge is 0.0938 e. The van der Waals surface area contributed by atoms with Gasteiger partial charge in [-0.15, -0.1) is 5.10 Å². The molecule has 0 saturated carbocycles. The highest BCUT2D eigenvalue weighted by atomic mass is 79.9. The Morgan fingerprint density at radius 3 is 2.78 bits per heavy atom. The first-order valence-corrected chi connectivity index (χ1v) is 6.71. The van der Waals surface area contributed by atoms with E-state index in [0.29, 0.717) is 0 Å². The van der Waals surface area contributed by atoms with Gasteiger partial charge in [0.15, 0.2) is 0 Å². The van der Waals surface area contributed by atoms with Crippen LogP contribution in [-0.2, 0) is 7.05 Å². The molecule has 18 heavy (non-hydrogen) atoms. The highest BCUT2D eigenvalue weighted by molar-refractivity contribution is 9.10. The number of aryl methyl sites for hydroxylation is 1. The van der Waals surface area contributed by atoms with Crippen molar-refractivity contribution in [3.63, 3.8) is 0 Å². The van der Waals surface area contributed by atoms with Gasteiger partial charge in [-0.3, -0.25) is 9.67 Å². The molecular formula is C12H16BrN5. The topological polar surface area (TPSA) is 55.6 Å². The molecule has 1 N–H and O–H groups in total. The minimum atomic E-state index is 0.0260. The molecule has 2 rings (SSSR count). The van der Waals surface area contributed by atoms with Gasteiger partial charge in [-0.05, 0) is 41.0 Å². The third-order valence-electron chi connectivity index (χ3n) is 2.69. The van der Waals surface area contributed by atoms with E-state index in [1.807, 2.05) is 19.2 Å². The molecule has 2 heterocycles. The summed E-state index contributed by atoms with van der Waals surface area (Å²) < 4.78 is 2.75. The van der Waals surface area contributed by atoms with Gasteiger partial charge >= 0.3 is 0 Å². The van der Waals surface area contributed by atoms with Crippen molar-refractivity contribution in [3.8, 4) is 0 Å². The third kappa shape index (κ3) is 2.94. The first-order chi connectivity index (χ1) is 8.72. The number of hydrogen-bond donors (Lipinski definition) is 1. The summed E-state index contributed by atoms with van der Waals surface area (Å²) in [4.78, 5) is 4.45. The second-order valence-corrected chi connectivity index (χ2v) is 4.99. The quantitative estimate of drug-likeness (QED) is 0.918. The fraction of sp³-hybridized carbons (Fsp3) is 0.417. The average Bonchev–Trinajstić information content (AvgIpc) is 2.78. The first-order valence-electron chi connectivity index (χ1n) is 5.91. The van der Waals surface area contributed by atoms with E-state index in [2.05, 4.69) is 43.5 Å². The maximum Gasteiger partial charge on any atom is 0.0938 e. The maximum absolute atomic E-state index is 4.45.